The van der Waals surface area contributed by atoms with Gasteiger partial charge in [0.15, 0.2) is 5.96 Å². The van der Waals surface area contributed by atoms with Crippen LogP contribution in [0.3, 0.4) is 0 Å². The Morgan fingerprint density at radius 1 is 1.27 bits per heavy atom. The minimum Gasteiger partial charge on any atom is -0.493 e. The molecule has 0 spiro atoms. The third-order valence-corrected chi connectivity index (χ3v) is 4.69. The molecule has 8 heteroatoms. The first-order chi connectivity index (χ1) is 14.2. The van der Waals surface area contributed by atoms with E-state index in [1.54, 1.807) is 19.4 Å². The van der Waals surface area contributed by atoms with E-state index < -0.39 is 0 Å². The molecule has 30 heavy (non-hydrogen) atoms. The summed E-state index contributed by atoms with van der Waals surface area (Å²) in [6, 6.07) is 10.0. The van der Waals surface area contributed by atoms with Gasteiger partial charge in [0.25, 0.3) is 0 Å². The third-order valence-electron chi connectivity index (χ3n) is 4.69. The first-order valence-electron chi connectivity index (χ1n) is 10.0. The molecule has 1 aromatic heterocycles. The molecule has 1 fully saturated rings. The van der Waals surface area contributed by atoms with Crippen molar-refractivity contribution in [3.63, 3.8) is 0 Å². The number of guanidine groups is 1. The Morgan fingerprint density at radius 3 is 2.90 bits per heavy atom. The second-order valence-corrected chi connectivity index (χ2v) is 7.04. The van der Waals surface area contributed by atoms with Crippen molar-refractivity contribution in [3.05, 3.63) is 53.9 Å². The number of aliphatic imine (C=N–C) groups is 1. The third kappa shape index (κ3) is 7.98. The van der Waals surface area contributed by atoms with Crippen LogP contribution in [-0.2, 0) is 11.3 Å². The Bertz CT molecular complexity index is 783. The fourth-order valence-corrected chi connectivity index (χ4v) is 3.03. The fraction of sp³-hybridized carbons (Fsp3) is 0.455. The van der Waals surface area contributed by atoms with Crippen LogP contribution in [0.25, 0.3) is 0 Å². The number of aryl methyl sites for hydroxylation is 1. The van der Waals surface area contributed by atoms with Crippen molar-refractivity contribution in [1.82, 2.24) is 15.6 Å². The largest absolute Gasteiger partial charge is 0.493 e. The maximum Gasteiger partial charge on any atom is 0.191 e. The molecule has 3 rings (SSSR count). The summed E-state index contributed by atoms with van der Waals surface area (Å²) in [5.74, 6) is 2.87. The van der Waals surface area contributed by atoms with Crippen molar-refractivity contribution < 1.29 is 14.2 Å². The Morgan fingerprint density at radius 2 is 2.17 bits per heavy atom. The van der Waals surface area contributed by atoms with Crippen LogP contribution in [0.1, 0.15) is 17.5 Å². The van der Waals surface area contributed by atoms with Crippen molar-refractivity contribution in [2.75, 3.05) is 40.0 Å². The molecule has 1 unspecified atom stereocenters. The lowest BCUT2D eigenvalue weighted by Crippen LogP contribution is -2.39. The predicted molar refractivity (Wildman–Crippen MR) is 129 cm³/mol. The maximum absolute atomic E-state index is 6.11. The number of hydrogen-bond donors (Lipinski definition) is 2. The van der Waals surface area contributed by atoms with Gasteiger partial charge in [0.2, 0.25) is 0 Å². The molecule has 0 saturated carbocycles. The monoisotopic (exact) mass is 526 g/mol. The van der Waals surface area contributed by atoms with Gasteiger partial charge in [0.05, 0.1) is 26.0 Å². The van der Waals surface area contributed by atoms with Crippen LogP contribution in [0.15, 0.2) is 47.7 Å². The summed E-state index contributed by atoms with van der Waals surface area (Å²) < 4.78 is 17.2. The topological polar surface area (TPSA) is 77.0 Å². The lowest BCUT2D eigenvalue weighted by atomic mass is 10.1. The number of halogens is 1. The highest BCUT2D eigenvalue weighted by Crippen LogP contribution is 2.22. The van der Waals surface area contributed by atoms with Crippen molar-refractivity contribution >= 4 is 29.9 Å². The van der Waals surface area contributed by atoms with Gasteiger partial charge in [-0.25, -0.2) is 0 Å². The standard InChI is InChI=1S/C22H30N4O3.HI/c1-17-5-6-19(21(12-17)29-16-18-7-10-27-15-18)13-26-22(23-2)25-9-11-28-20-4-3-8-24-14-20;/h3-6,8,12,14,18H,7,9-11,13,15-16H2,1-2H3,(H2,23,25,26);1H. The summed E-state index contributed by atoms with van der Waals surface area (Å²) in [4.78, 5) is 8.31. The molecule has 1 atom stereocenters. The Kier molecular flexibility index (Phi) is 10.7. The molecule has 2 aromatic rings. The molecule has 0 aliphatic carbocycles. The highest BCUT2D eigenvalue weighted by atomic mass is 127. The summed E-state index contributed by atoms with van der Waals surface area (Å²) >= 11 is 0. The number of benzene rings is 1. The quantitative estimate of drug-likeness (QED) is 0.226. The van der Waals surface area contributed by atoms with E-state index in [1.165, 1.54) is 5.56 Å². The molecule has 164 valence electrons. The van der Waals surface area contributed by atoms with Gasteiger partial charge >= 0.3 is 0 Å². The fourth-order valence-electron chi connectivity index (χ4n) is 3.03. The van der Waals surface area contributed by atoms with Crippen molar-refractivity contribution in [2.45, 2.75) is 19.9 Å². The van der Waals surface area contributed by atoms with E-state index in [0.717, 1.165) is 42.7 Å². The van der Waals surface area contributed by atoms with Crippen LogP contribution in [0.5, 0.6) is 11.5 Å². The second-order valence-electron chi connectivity index (χ2n) is 7.04. The molecular formula is C22H31IN4O3. The van der Waals surface area contributed by atoms with E-state index >= 15 is 0 Å². The Labute approximate surface area is 195 Å². The van der Waals surface area contributed by atoms with E-state index in [2.05, 4.69) is 45.7 Å². The maximum atomic E-state index is 6.11. The van der Waals surface area contributed by atoms with E-state index in [9.17, 15) is 0 Å². The average molecular weight is 526 g/mol. The summed E-state index contributed by atoms with van der Waals surface area (Å²) in [6.45, 7) is 6.17. The molecule has 0 amide bonds. The van der Waals surface area contributed by atoms with Crippen molar-refractivity contribution in [1.29, 1.82) is 0 Å². The second kappa shape index (κ2) is 13.3. The van der Waals surface area contributed by atoms with Gasteiger partial charge in [-0.3, -0.25) is 9.98 Å². The average Bonchev–Trinajstić information content (AvgIpc) is 3.27. The number of aromatic nitrogens is 1. The van der Waals surface area contributed by atoms with Crippen molar-refractivity contribution in [2.24, 2.45) is 10.9 Å². The van der Waals surface area contributed by atoms with E-state index in [1.807, 2.05) is 12.1 Å². The van der Waals surface area contributed by atoms with E-state index in [0.29, 0.717) is 32.2 Å². The summed E-state index contributed by atoms with van der Waals surface area (Å²) in [7, 11) is 1.75. The van der Waals surface area contributed by atoms with Gasteiger partial charge in [-0.15, -0.1) is 24.0 Å². The number of nitrogens with zero attached hydrogens (tertiary/aromatic N) is 2. The zero-order valence-corrected chi connectivity index (χ0v) is 19.9. The number of ether oxygens (including phenoxy) is 3. The number of pyridine rings is 1. The summed E-state index contributed by atoms with van der Waals surface area (Å²) in [5.41, 5.74) is 2.28. The Hall–Kier alpha value is -2.07. The summed E-state index contributed by atoms with van der Waals surface area (Å²) in [5, 5.41) is 6.59. The van der Waals surface area contributed by atoms with Gasteiger partial charge in [-0.1, -0.05) is 12.1 Å². The van der Waals surface area contributed by atoms with Gasteiger partial charge in [0, 0.05) is 37.9 Å². The van der Waals surface area contributed by atoms with Crippen LogP contribution >= 0.6 is 24.0 Å². The first-order valence-corrected chi connectivity index (χ1v) is 10.0. The molecule has 2 heterocycles. The van der Waals surface area contributed by atoms with Crippen molar-refractivity contribution in [3.8, 4) is 11.5 Å². The molecule has 1 aromatic carbocycles. The first kappa shape index (κ1) is 24.2. The minimum atomic E-state index is 0. The van der Waals surface area contributed by atoms with E-state index in [4.69, 9.17) is 14.2 Å². The Balaban J connectivity index is 0.00000320. The number of hydrogen-bond acceptors (Lipinski definition) is 5. The SMILES string of the molecule is CN=C(NCCOc1cccnc1)NCc1ccc(C)cc1OCC1CCOC1.I. The summed E-state index contributed by atoms with van der Waals surface area (Å²) in [6.07, 6.45) is 4.49. The lowest BCUT2D eigenvalue weighted by molar-refractivity contribution is 0.166. The predicted octanol–water partition coefficient (Wildman–Crippen LogP) is 3.17. The molecule has 0 bridgehead atoms. The van der Waals surface area contributed by atoms with Crippen LogP contribution in [0.2, 0.25) is 0 Å². The molecular weight excluding hydrogens is 495 g/mol. The normalized spacial score (nSPS) is 15.9. The van der Waals surface area contributed by atoms with Gasteiger partial charge in [-0.2, -0.15) is 0 Å². The van der Waals surface area contributed by atoms with Gasteiger partial charge in [-0.05, 0) is 37.1 Å². The van der Waals surface area contributed by atoms with E-state index in [-0.39, 0.29) is 24.0 Å². The highest BCUT2D eigenvalue weighted by Gasteiger charge is 2.17. The molecule has 0 radical (unpaired) electrons. The van der Waals surface area contributed by atoms with Gasteiger partial charge < -0.3 is 24.8 Å². The molecule has 2 N–H and O–H groups in total. The molecule has 1 aliphatic heterocycles. The zero-order valence-electron chi connectivity index (χ0n) is 17.6. The van der Waals surface area contributed by atoms with Gasteiger partial charge in [0.1, 0.15) is 18.1 Å². The minimum absolute atomic E-state index is 0. The highest BCUT2D eigenvalue weighted by molar-refractivity contribution is 14.0. The zero-order chi connectivity index (χ0) is 20.3. The van der Waals surface area contributed by atoms with Crippen LogP contribution in [-0.4, -0.2) is 51.0 Å². The molecule has 7 nitrogen and oxygen atoms in total. The number of rotatable bonds is 9. The number of nitrogens with one attached hydrogen (secondary N) is 2. The molecule has 1 aliphatic rings. The van der Waals surface area contributed by atoms with Crippen LogP contribution in [0, 0.1) is 12.8 Å². The lowest BCUT2D eigenvalue weighted by Gasteiger charge is -2.17. The molecule has 1 saturated heterocycles. The smallest absolute Gasteiger partial charge is 0.191 e. The van der Waals surface area contributed by atoms with Crippen LogP contribution in [0.4, 0.5) is 0 Å². The van der Waals surface area contributed by atoms with Crippen LogP contribution < -0.4 is 20.1 Å².